The molecule has 0 N–H and O–H groups in total. The first-order valence-electron chi connectivity index (χ1n) is 4.44. The quantitative estimate of drug-likeness (QED) is 0.584. The summed E-state index contributed by atoms with van der Waals surface area (Å²) in [6.45, 7) is 6.73. The fourth-order valence-corrected chi connectivity index (χ4v) is 1.73. The van der Waals surface area contributed by atoms with Crippen LogP contribution in [0.25, 0.3) is 0 Å². The van der Waals surface area contributed by atoms with Crippen molar-refractivity contribution in [3.8, 4) is 0 Å². The van der Waals surface area contributed by atoms with Crippen molar-refractivity contribution in [1.82, 2.24) is 0 Å². The summed E-state index contributed by atoms with van der Waals surface area (Å²) < 4.78 is 0. The van der Waals surface area contributed by atoms with Gasteiger partial charge in [0.15, 0.2) is 0 Å². The van der Waals surface area contributed by atoms with Gasteiger partial charge in [-0.1, -0.05) is 33.6 Å². The largest absolute Gasteiger partial charge is 0.176 e. The second kappa shape index (κ2) is 6.09. The minimum absolute atomic E-state index is 0.630. The first kappa shape index (κ1) is 10.3. The van der Waals surface area contributed by atoms with Crippen LogP contribution in [0.2, 0.25) is 0 Å². The van der Waals surface area contributed by atoms with Gasteiger partial charge in [0, 0.05) is 5.25 Å². The lowest BCUT2D eigenvalue weighted by molar-refractivity contribution is 0.441. The summed E-state index contributed by atoms with van der Waals surface area (Å²) in [7, 11) is 0. The summed E-state index contributed by atoms with van der Waals surface area (Å²) in [5.41, 5.74) is 0. The second-order valence-corrected chi connectivity index (χ2v) is 3.60. The van der Waals surface area contributed by atoms with Crippen molar-refractivity contribution < 1.29 is 0 Å². The molecule has 0 aromatic heterocycles. The maximum atomic E-state index is 4.54. The van der Waals surface area contributed by atoms with Crippen LogP contribution < -0.4 is 0 Å². The third-order valence-electron chi connectivity index (χ3n) is 2.15. The van der Waals surface area contributed by atoms with E-state index in [1.54, 1.807) is 0 Å². The number of hydrogen-bond acceptors (Lipinski definition) is 1. The van der Waals surface area contributed by atoms with Gasteiger partial charge in [0.1, 0.15) is 0 Å². The topological polar surface area (TPSA) is 0 Å². The Morgan fingerprint density at radius 3 is 2.00 bits per heavy atom. The van der Waals surface area contributed by atoms with Crippen molar-refractivity contribution in [2.24, 2.45) is 5.92 Å². The minimum atomic E-state index is 0.630. The average molecular weight is 160 g/mol. The lowest BCUT2D eigenvalue weighted by Crippen LogP contribution is -2.12. The molecule has 0 aromatic carbocycles. The van der Waals surface area contributed by atoms with E-state index in [0.717, 1.165) is 5.92 Å². The molecule has 0 aliphatic heterocycles. The standard InChI is InChI=1S/C9H20S/c1-4-7-8(5-2)9(10)6-3/h8-10H,4-7H2,1-3H3. The van der Waals surface area contributed by atoms with E-state index in [0.29, 0.717) is 5.25 Å². The van der Waals surface area contributed by atoms with Crippen LogP contribution >= 0.6 is 12.6 Å². The zero-order valence-electron chi connectivity index (χ0n) is 7.43. The summed E-state index contributed by atoms with van der Waals surface area (Å²) in [6, 6.07) is 0. The van der Waals surface area contributed by atoms with Crippen molar-refractivity contribution in [2.75, 3.05) is 0 Å². The van der Waals surface area contributed by atoms with E-state index in [2.05, 4.69) is 33.4 Å². The molecule has 0 rings (SSSR count). The van der Waals surface area contributed by atoms with Crippen molar-refractivity contribution >= 4 is 12.6 Å². The first-order valence-corrected chi connectivity index (χ1v) is 4.95. The molecule has 0 aliphatic rings. The van der Waals surface area contributed by atoms with Gasteiger partial charge in [-0.3, -0.25) is 0 Å². The SMILES string of the molecule is CCCC(CC)C(S)CC. The first-order chi connectivity index (χ1) is 4.76. The Labute approximate surface area is 70.8 Å². The third-order valence-corrected chi connectivity index (χ3v) is 2.93. The lowest BCUT2D eigenvalue weighted by atomic mass is 9.95. The molecule has 0 saturated carbocycles. The van der Waals surface area contributed by atoms with E-state index in [1.165, 1.54) is 25.7 Å². The van der Waals surface area contributed by atoms with Gasteiger partial charge in [-0.25, -0.2) is 0 Å². The Morgan fingerprint density at radius 2 is 1.70 bits per heavy atom. The van der Waals surface area contributed by atoms with Crippen LogP contribution in [0.4, 0.5) is 0 Å². The van der Waals surface area contributed by atoms with Crippen molar-refractivity contribution in [3.63, 3.8) is 0 Å². The zero-order chi connectivity index (χ0) is 7.98. The van der Waals surface area contributed by atoms with E-state index in [1.807, 2.05) is 0 Å². The number of rotatable bonds is 5. The minimum Gasteiger partial charge on any atom is -0.176 e. The fourth-order valence-electron chi connectivity index (χ4n) is 1.37. The van der Waals surface area contributed by atoms with Crippen molar-refractivity contribution in [3.05, 3.63) is 0 Å². The molecule has 1 heteroatoms. The summed E-state index contributed by atoms with van der Waals surface area (Å²) >= 11 is 4.54. The molecule has 2 atom stereocenters. The molecule has 0 heterocycles. The van der Waals surface area contributed by atoms with Crippen LogP contribution in [0, 0.1) is 5.92 Å². The maximum Gasteiger partial charge on any atom is 0.00423 e. The molecule has 0 radical (unpaired) electrons. The normalized spacial score (nSPS) is 16.8. The van der Waals surface area contributed by atoms with Crippen LogP contribution in [0.5, 0.6) is 0 Å². The van der Waals surface area contributed by atoms with Crippen LogP contribution in [0.15, 0.2) is 0 Å². The molecule has 62 valence electrons. The Kier molecular flexibility index (Phi) is 6.30. The smallest absolute Gasteiger partial charge is 0.00423 e. The van der Waals surface area contributed by atoms with Gasteiger partial charge < -0.3 is 0 Å². The number of thiol groups is 1. The molecule has 0 aromatic rings. The predicted octanol–water partition coefficient (Wildman–Crippen LogP) is 3.52. The third kappa shape index (κ3) is 3.50. The summed E-state index contributed by atoms with van der Waals surface area (Å²) in [6.07, 6.45) is 5.14. The monoisotopic (exact) mass is 160 g/mol. The van der Waals surface area contributed by atoms with Crippen molar-refractivity contribution in [2.45, 2.75) is 51.7 Å². The van der Waals surface area contributed by atoms with Gasteiger partial charge in [0.05, 0.1) is 0 Å². The molecule has 0 saturated heterocycles. The molecule has 2 unspecified atom stereocenters. The molecule has 0 bridgehead atoms. The van der Waals surface area contributed by atoms with Crippen LogP contribution in [0.1, 0.15) is 46.5 Å². The van der Waals surface area contributed by atoms with Crippen molar-refractivity contribution in [1.29, 1.82) is 0 Å². The van der Waals surface area contributed by atoms with Gasteiger partial charge in [0.2, 0.25) is 0 Å². The summed E-state index contributed by atoms with van der Waals surface area (Å²) in [5, 5.41) is 0.630. The zero-order valence-corrected chi connectivity index (χ0v) is 8.32. The highest BCUT2D eigenvalue weighted by Crippen LogP contribution is 2.21. The van der Waals surface area contributed by atoms with E-state index < -0.39 is 0 Å². The Hall–Kier alpha value is 0.350. The highest BCUT2D eigenvalue weighted by Gasteiger charge is 2.12. The van der Waals surface area contributed by atoms with Gasteiger partial charge in [-0.2, -0.15) is 12.6 Å². The van der Waals surface area contributed by atoms with E-state index in [9.17, 15) is 0 Å². The van der Waals surface area contributed by atoms with E-state index in [-0.39, 0.29) is 0 Å². The summed E-state index contributed by atoms with van der Waals surface area (Å²) in [5.74, 6) is 0.846. The number of hydrogen-bond donors (Lipinski definition) is 1. The predicted molar refractivity (Wildman–Crippen MR) is 51.8 cm³/mol. The fraction of sp³-hybridized carbons (Fsp3) is 1.00. The molecule has 10 heavy (non-hydrogen) atoms. The van der Waals surface area contributed by atoms with Crippen LogP contribution in [-0.4, -0.2) is 5.25 Å². The van der Waals surface area contributed by atoms with E-state index in [4.69, 9.17) is 0 Å². The van der Waals surface area contributed by atoms with Gasteiger partial charge in [-0.05, 0) is 18.8 Å². The molecule has 0 fully saturated rings. The molecule has 0 nitrogen and oxygen atoms in total. The molecule has 0 amide bonds. The Balaban J connectivity index is 3.56. The molecular weight excluding hydrogens is 140 g/mol. The van der Waals surface area contributed by atoms with Crippen LogP contribution in [-0.2, 0) is 0 Å². The van der Waals surface area contributed by atoms with E-state index >= 15 is 0 Å². The second-order valence-electron chi connectivity index (χ2n) is 2.93. The highest BCUT2D eigenvalue weighted by molar-refractivity contribution is 7.81. The van der Waals surface area contributed by atoms with Crippen LogP contribution in [0.3, 0.4) is 0 Å². The molecule has 0 aliphatic carbocycles. The van der Waals surface area contributed by atoms with Gasteiger partial charge in [-0.15, -0.1) is 0 Å². The Morgan fingerprint density at radius 1 is 1.10 bits per heavy atom. The molecule has 0 spiro atoms. The van der Waals surface area contributed by atoms with Gasteiger partial charge in [0.25, 0.3) is 0 Å². The molecular formula is C9H20S. The maximum absolute atomic E-state index is 4.54. The Bertz CT molecular complexity index is 71.1. The highest BCUT2D eigenvalue weighted by atomic mass is 32.1. The lowest BCUT2D eigenvalue weighted by Gasteiger charge is -2.19. The average Bonchev–Trinajstić information content (AvgIpc) is 1.99. The van der Waals surface area contributed by atoms with Gasteiger partial charge >= 0.3 is 0 Å². The summed E-state index contributed by atoms with van der Waals surface area (Å²) in [4.78, 5) is 0.